The van der Waals surface area contributed by atoms with Gasteiger partial charge in [0.1, 0.15) is 17.9 Å². The lowest BCUT2D eigenvalue weighted by Crippen LogP contribution is -2.51. The van der Waals surface area contributed by atoms with Crippen molar-refractivity contribution < 1.29 is 58.5 Å². The Labute approximate surface area is 368 Å². The van der Waals surface area contributed by atoms with E-state index in [9.17, 15) is 53.4 Å². The van der Waals surface area contributed by atoms with Crippen LogP contribution < -0.4 is 26.6 Å². The minimum absolute atomic E-state index is 0.0638. The molecule has 2 aromatic carbocycles. The van der Waals surface area contributed by atoms with Gasteiger partial charge in [0.05, 0.1) is 6.04 Å². The quantitative estimate of drug-likeness (QED) is 0.0452. The van der Waals surface area contributed by atoms with E-state index >= 15 is 0 Å². The molecule has 63 heavy (non-hydrogen) atoms. The molecule has 0 radical (unpaired) electrons. The first-order chi connectivity index (χ1) is 30.2. The Morgan fingerprint density at radius 1 is 0.524 bits per heavy atom. The van der Waals surface area contributed by atoms with Crippen molar-refractivity contribution in [3.05, 3.63) is 71.8 Å². The number of ketones is 2. The monoisotopic (exact) mass is 879 g/mol. The Morgan fingerprint density at radius 3 is 1.62 bits per heavy atom. The summed E-state index contributed by atoms with van der Waals surface area (Å²) in [6, 6.07) is 14.1. The summed E-state index contributed by atoms with van der Waals surface area (Å²) in [5.74, 6) is -5.55. The molecule has 4 atom stereocenters. The molecule has 17 heteroatoms. The maximum Gasteiger partial charge on any atom is 0.326 e. The zero-order chi connectivity index (χ0) is 46.4. The number of rotatable bonds is 34. The zero-order valence-corrected chi connectivity index (χ0v) is 36.2. The summed E-state index contributed by atoms with van der Waals surface area (Å²) in [4.78, 5) is 110. The van der Waals surface area contributed by atoms with E-state index in [1.165, 1.54) is 7.05 Å². The third-order valence-corrected chi connectivity index (χ3v) is 10.5. The lowest BCUT2D eigenvalue weighted by molar-refractivity contribution is -0.141. The number of aliphatic carboxylic acids is 3. The molecule has 0 fully saturated rings. The van der Waals surface area contributed by atoms with Crippen molar-refractivity contribution in [2.24, 2.45) is 5.92 Å². The van der Waals surface area contributed by atoms with Gasteiger partial charge in [-0.1, -0.05) is 92.8 Å². The van der Waals surface area contributed by atoms with Crippen molar-refractivity contribution in [2.75, 3.05) is 13.6 Å². The Morgan fingerprint density at radius 2 is 1.05 bits per heavy atom. The van der Waals surface area contributed by atoms with Crippen LogP contribution >= 0.6 is 0 Å². The molecule has 0 aromatic heterocycles. The second-order valence-corrected chi connectivity index (χ2v) is 15.7. The maximum atomic E-state index is 13.8. The normalized spacial score (nSPS) is 12.7. The van der Waals surface area contributed by atoms with Gasteiger partial charge in [-0.15, -0.1) is 0 Å². The average Bonchev–Trinajstić information content (AvgIpc) is 3.25. The number of Topliss-reactive ketones (excluding diaryl/α,β-unsaturated/α-hetero) is 2. The van der Waals surface area contributed by atoms with Gasteiger partial charge in [-0.3, -0.25) is 28.8 Å². The van der Waals surface area contributed by atoms with E-state index in [0.29, 0.717) is 64.3 Å². The van der Waals surface area contributed by atoms with Gasteiger partial charge in [-0.25, -0.2) is 14.4 Å². The van der Waals surface area contributed by atoms with Crippen LogP contribution in [0.1, 0.15) is 120 Å². The highest BCUT2D eigenvalue weighted by Gasteiger charge is 2.29. The van der Waals surface area contributed by atoms with E-state index in [0.717, 1.165) is 30.4 Å². The van der Waals surface area contributed by atoms with E-state index in [1.807, 2.05) is 60.7 Å². The first kappa shape index (κ1) is 53.0. The van der Waals surface area contributed by atoms with Crippen LogP contribution in [0, 0.1) is 5.92 Å². The summed E-state index contributed by atoms with van der Waals surface area (Å²) >= 11 is 0. The number of nitrogens with one attached hydrogen (secondary N) is 5. The van der Waals surface area contributed by atoms with Crippen LogP contribution in [0.2, 0.25) is 0 Å². The lowest BCUT2D eigenvalue weighted by atomic mass is 9.89. The highest BCUT2D eigenvalue weighted by molar-refractivity contribution is 5.93. The molecule has 0 aliphatic rings. The number of hydrogen-bond acceptors (Lipinski definition) is 9. The van der Waals surface area contributed by atoms with Crippen LogP contribution in [0.15, 0.2) is 60.7 Å². The number of carboxylic acids is 3. The van der Waals surface area contributed by atoms with Gasteiger partial charge in [0, 0.05) is 58.0 Å². The van der Waals surface area contributed by atoms with Gasteiger partial charge in [0.15, 0.2) is 5.78 Å². The smallest absolute Gasteiger partial charge is 0.326 e. The van der Waals surface area contributed by atoms with Gasteiger partial charge < -0.3 is 41.9 Å². The minimum Gasteiger partial charge on any atom is -0.481 e. The second-order valence-electron chi connectivity index (χ2n) is 15.7. The summed E-state index contributed by atoms with van der Waals surface area (Å²) in [5, 5.41) is 40.1. The van der Waals surface area contributed by atoms with E-state index in [4.69, 9.17) is 5.11 Å². The second kappa shape index (κ2) is 30.8. The highest BCUT2D eigenvalue weighted by Crippen LogP contribution is 2.17. The number of hydrogen-bond donors (Lipinski definition) is 8. The van der Waals surface area contributed by atoms with Crippen LogP contribution in [0.5, 0.6) is 0 Å². The number of carbonyl (C=O) groups excluding carboxylic acids is 6. The number of carboxylic acid groups (broad SMARTS) is 3. The van der Waals surface area contributed by atoms with Crippen molar-refractivity contribution >= 4 is 53.2 Å². The SMILES string of the molecule is CNC(=O)CCCC(=O)N[C@H](Cc1ccccc1)C(=O)C[C@H](Cc1ccccc1)C(=O)NCCCCCCCC(=O)CCCCCC(NC(=O)NC(CCC(=O)O)C(=O)O)C(=O)O. The maximum absolute atomic E-state index is 13.8. The molecule has 0 aliphatic carbocycles. The first-order valence-corrected chi connectivity index (χ1v) is 21.8. The molecule has 0 saturated carbocycles. The molecular formula is C46H65N5O12. The Hall–Kier alpha value is -6.13. The van der Waals surface area contributed by atoms with E-state index in [-0.39, 0.29) is 67.8 Å². The van der Waals surface area contributed by atoms with Crippen molar-refractivity contribution in [1.29, 1.82) is 0 Å². The predicted octanol–water partition coefficient (Wildman–Crippen LogP) is 4.50. The van der Waals surface area contributed by atoms with Gasteiger partial charge in [-0.05, 0) is 62.5 Å². The third kappa shape index (κ3) is 24.2. The summed E-state index contributed by atoms with van der Waals surface area (Å²) in [5.41, 5.74) is 1.77. The van der Waals surface area contributed by atoms with Gasteiger partial charge in [0.25, 0.3) is 0 Å². The number of amides is 5. The largest absolute Gasteiger partial charge is 0.481 e. The number of urea groups is 1. The summed E-state index contributed by atoms with van der Waals surface area (Å²) in [7, 11) is 1.53. The lowest BCUT2D eigenvalue weighted by Gasteiger charge is -2.22. The molecule has 0 spiro atoms. The van der Waals surface area contributed by atoms with Gasteiger partial charge >= 0.3 is 23.9 Å². The molecule has 2 rings (SSSR count). The van der Waals surface area contributed by atoms with Gasteiger partial charge in [-0.2, -0.15) is 0 Å². The summed E-state index contributed by atoms with van der Waals surface area (Å²) in [6.45, 7) is 0.422. The fourth-order valence-electron chi connectivity index (χ4n) is 6.88. The molecule has 346 valence electrons. The molecule has 0 heterocycles. The van der Waals surface area contributed by atoms with Crippen LogP contribution in [0.4, 0.5) is 4.79 Å². The molecule has 2 unspecified atom stereocenters. The van der Waals surface area contributed by atoms with Crippen molar-refractivity contribution in [3.8, 4) is 0 Å². The van der Waals surface area contributed by atoms with Crippen molar-refractivity contribution in [1.82, 2.24) is 26.6 Å². The fraction of sp³-hybridized carbons (Fsp3) is 0.543. The van der Waals surface area contributed by atoms with E-state index in [1.54, 1.807) is 0 Å². The molecule has 0 bridgehead atoms. The molecule has 5 amide bonds. The standard InChI is InChI=1S/C46H65N5O12/c1-47-40(54)24-16-25-41(55)49-38(30-33-19-10-6-11-20-33)39(53)31-34(29-32-17-8-5-9-18-32)43(58)48-28-15-4-2-3-12-21-35(52)22-13-7-14-23-36(44(59)60)50-46(63)51-37(45(61)62)26-27-42(56)57/h5-6,8-11,17-20,34,36-38H,2-4,7,12-16,21-31H2,1H3,(H,47,54)(H,48,58)(H,49,55)(H,56,57)(H,59,60)(H,61,62)(H2,50,51,63)/t34-,36?,37?,38+/m0/s1. The summed E-state index contributed by atoms with van der Waals surface area (Å²) in [6.07, 6.45) is 6.59. The highest BCUT2D eigenvalue weighted by atomic mass is 16.4. The van der Waals surface area contributed by atoms with Crippen LogP contribution in [-0.4, -0.2) is 100 Å². The van der Waals surface area contributed by atoms with Gasteiger partial charge in [0.2, 0.25) is 17.7 Å². The molecule has 2 aromatic rings. The van der Waals surface area contributed by atoms with Crippen LogP contribution in [0.3, 0.4) is 0 Å². The molecule has 0 aliphatic heterocycles. The van der Waals surface area contributed by atoms with E-state index < -0.39 is 54.4 Å². The zero-order valence-electron chi connectivity index (χ0n) is 36.2. The molecule has 17 nitrogen and oxygen atoms in total. The summed E-state index contributed by atoms with van der Waals surface area (Å²) < 4.78 is 0. The molecule has 8 N–H and O–H groups in total. The predicted molar refractivity (Wildman–Crippen MR) is 233 cm³/mol. The molecule has 0 saturated heterocycles. The van der Waals surface area contributed by atoms with E-state index in [2.05, 4.69) is 26.6 Å². The number of unbranched alkanes of at least 4 members (excludes halogenated alkanes) is 6. The van der Waals surface area contributed by atoms with Crippen LogP contribution in [-0.2, 0) is 51.2 Å². The third-order valence-electron chi connectivity index (χ3n) is 10.5. The Balaban J connectivity index is 1.75. The minimum atomic E-state index is -1.49. The Kier molecular flexibility index (Phi) is 25.9. The number of carbonyl (C=O) groups is 9. The number of benzene rings is 2. The topological polar surface area (TPSA) is 274 Å². The van der Waals surface area contributed by atoms with Crippen molar-refractivity contribution in [3.63, 3.8) is 0 Å². The molecular weight excluding hydrogens is 815 g/mol. The first-order valence-electron chi connectivity index (χ1n) is 21.8. The van der Waals surface area contributed by atoms with Crippen molar-refractivity contribution in [2.45, 2.75) is 140 Å². The fourth-order valence-corrected chi connectivity index (χ4v) is 6.88. The van der Waals surface area contributed by atoms with Crippen LogP contribution in [0.25, 0.3) is 0 Å². The Bertz CT molecular complexity index is 1780. The average molecular weight is 880 g/mol.